The van der Waals surface area contributed by atoms with Crippen molar-refractivity contribution >= 4 is 11.8 Å². The van der Waals surface area contributed by atoms with Gasteiger partial charge in [-0.1, -0.05) is 58.3 Å². The zero-order chi connectivity index (χ0) is 15.4. The summed E-state index contributed by atoms with van der Waals surface area (Å²) in [7, 11) is 1.48. The van der Waals surface area contributed by atoms with Crippen molar-refractivity contribution in [1.82, 2.24) is 5.32 Å². The van der Waals surface area contributed by atoms with Crippen molar-refractivity contribution in [3.8, 4) is 0 Å². The van der Waals surface area contributed by atoms with Crippen molar-refractivity contribution in [2.24, 2.45) is 0 Å². The first-order valence-electron chi connectivity index (χ1n) is 7.92. The molecule has 5 heteroatoms. The Bertz CT molecular complexity index is 297. The van der Waals surface area contributed by atoms with Gasteiger partial charge in [-0.3, -0.25) is 4.79 Å². The molecule has 0 aliphatic rings. The van der Waals surface area contributed by atoms with Crippen molar-refractivity contribution in [2.45, 2.75) is 83.6 Å². The third-order valence-electron chi connectivity index (χ3n) is 3.97. The predicted molar refractivity (Wildman–Crippen MR) is 79.3 cm³/mol. The van der Waals surface area contributed by atoms with Gasteiger partial charge in [-0.15, -0.1) is 0 Å². The molecule has 0 aliphatic heterocycles. The van der Waals surface area contributed by atoms with Gasteiger partial charge in [-0.25, -0.2) is 0 Å². The fourth-order valence-corrected chi connectivity index (χ4v) is 2.20. The van der Waals surface area contributed by atoms with Crippen LogP contribution in [0.15, 0.2) is 0 Å². The van der Waals surface area contributed by atoms with Crippen LogP contribution >= 0.6 is 0 Å². The van der Waals surface area contributed by atoms with Crippen molar-refractivity contribution in [1.29, 1.82) is 0 Å². The molecule has 0 aromatic heterocycles. The summed E-state index contributed by atoms with van der Waals surface area (Å²) in [6.07, 6.45) is 10.9. The molecule has 0 fully saturated rings. The Kier molecular flexibility index (Phi) is 15.3. The predicted octanol–water partition coefficient (Wildman–Crippen LogP) is -0.792. The van der Waals surface area contributed by atoms with E-state index in [1.54, 1.807) is 0 Å². The number of likely N-dealkylation sites (N-methyl/N-ethyl adjacent to an activating group) is 1. The van der Waals surface area contributed by atoms with Gasteiger partial charge in [-0.05, 0) is 20.4 Å². The molecule has 0 radical (unpaired) electrons. The van der Waals surface area contributed by atoms with Crippen molar-refractivity contribution in [2.75, 3.05) is 7.05 Å². The quantitative estimate of drug-likeness (QED) is 0.275. The number of hydrogen-bond acceptors (Lipinski definition) is 4. The van der Waals surface area contributed by atoms with Gasteiger partial charge in [0.2, 0.25) is 0 Å². The maximum atomic E-state index is 11.9. The van der Waals surface area contributed by atoms with E-state index in [1.165, 1.54) is 52.5 Å². The van der Waals surface area contributed by atoms with E-state index in [1.807, 2.05) is 0 Å². The average Bonchev–Trinajstić information content (AvgIpc) is 2.44. The molecule has 0 heterocycles. The van der Waals surface area contributed by atoms with Crippen LogP contribution in [-0.4, -0.2) is 24.3 Å². The van der Waals surface area contributed by atoms with Crippen LogP contribution in [0.4, 0.5) is 0 Å². The third-order valence-corrected chi connectivity index (χ3v) is 3.97. The Morgan fingerprint density at radius 3 is 1.76 bits per heavy atom. The molecule has 1 N–H and O–H groups in total. The van der Waals surface area contributed by atoms with Crippen LogP contribution in [-0.2, 0) is 9.59 Å². The van der Waals surface area contributed by atoms with E-state index in [0.717, 1.165) is 19.3 Å². The molecule has 0 spiro atoms. The van der Waals surface area contributed by atoms with Gasteiger partial charge in [0.1, 0.15) is 5.54 Å². The largest absolute Gasteiger partial charge is 1.00 e. The number of ketones is 1. The minimum atomic E-state index is -1.54. The summed E-state index contributed by atoms with van der Waals surface area (Å²) in [6.45, 7) is 3.58. The molecule has 1 unspecified atom stereocenters. The molecular formula is C16H30NNaO3. The summed E-state index contributed by atoms with van der Waals surface area (Å²) in [5.74, 6) is -1.64. The summed E-state index contributed by atoms with van der Waals surface area (Å²) in [5, 5.41) is 13.5. The molecule has 0 aromatic carbocycles. The van der Waals surface area contributed by atoms with Gasteiger partial charge in [0.05, 0.1) is 5.97 Å². The van der Waals surface area contributed by atoms with Crippen LogP contribution in [0.2, 0.25) is 0 Å². The Hall–Kier alpha value is 0.100. The molecular weight excluding hydrogens is 277 g/mol. The smallest absolute Gasteiger partial charge is 0.548 e. The van der Waals surface area contributed by atoms with Gasteiger partial charge in [0.15, 0.2) is 5.78 Å². The number of carbonyl (C=O) groups is 2. The Labute approximate surface area is 151 Å². The molecule has 21 heavy (non-hydrogen) atoms. The van der Waals surface area contributed by atoms with Gasteiger partial charge in [0, 0.05) is 6.42 Å². The van der Waals surface area contributed by atoms with Crippen LogP contribution in [0.5, 0.6) is 0 Å². The van der Waals surface area contributed by atoms with E-state index >= 15 is 0 Å². The molecule has 1 atom stereocenters. The molecule has 118 valence electrons. The Morgan fingerprint density at radius 2 is 1.38 bits per heavy atom. The number of carboxylic acids is 1. The second-order valence-corrected chi connectivity index (χ2v) is 5.66. The average molecular weight is 307 g/mol. The summed E-state index contributed by atoms with van der Waals surface area (Å²) in [4.78, 5) is 22.8. The molecule has 0 bridgehead atoms. The van der Waals surface area contributed by atoms with Crippen molar-refractivity contribution < 1.29 is 44.3 Å². The third kappa shape index (κ3) is 9.67. The Balaban J connectivity index is 0. The maximum absolute atomic E-state index is 11.9. The molecule has 4 nitrogen and oxygen atoms in total. The number of carboxylic acid groups (broad SMARTS) is 1. The first kappa shape index (κ1) is 23.4. The van der Waals surface area contributed by atoms with E-state index in [2.05, 4.69) is 12.2 Å². The van der Waals surface area contributed by atoms with Crippen molar-refractivity contribution in [3.05, 3.63) is 0 Å². The molecule has 0 aliphatic carbocycles. The summed E-state index contributed by atoms with van der Waals surface area (Å²) in [6, 6.07) is 0. The number of rotatable bonds is 13. The first-order chi connectivity index (χ1) is 9.49. The minimum absolute atomic E-state index is 0. The van der Waals surface area contributed by atoms with Gasteiger partial charge >= 0.3 is 29.6 Å². The van der Waals surface area contributed by atoms with Crippen LogP contribution in [0, 0.1) is 0 Å². The van der Waals surface area contributed by atoms with Gasteiger partial charge in [0.25, 0.3) is 0 Å². The van der Waals surface area contributed by atoms with E-state index in [0.29, 0.717) is 6.42 Å². The van der Waals surface area contributed by atoms with Crippen LogP contribution in [0.1, 0.15) is 78.1 Å². The number of nitrogens with one attached hydrogen (secondary N) is 1. The van der Waals surface area contributed by atoms with Crippen LogP contribution in [0.25, 0.3) is 0 Å². The summed E-state index contributed by atoms with van der Waals surface area (Å²) < 4.78 is 0. The molecule has 0 rings (SSSR count). The second-order valence-electron chi connectivity index (χ2n) is 5.66. The number of Topliss-reactive ketones (excluding diaryl/α,β-unsaturated/α-hetero) is 1. The number of unbranched alkanes of at least 4 members (excludes halogenated alkanes) is 8. The van der Waals surface area contributed by atoms with E-state index in [9.17, 15) is 14.7 Å². The molecule has 0 saturated heterocycles. The Morgan fingerprint density at radius 1 is 0.952 bits per heavy atom. The van der Waals surface area contributed by atoms with E-state index < -0.39 is 11.5 Å². The fraction of sp³-hybridized carbons (Fsp3) is 0.875. The number of carbonyl (C=O) groups excluding carboxylic acids is 2. The topological polar surface area (TPSA) is 69.2 Å². The standard InChI is InChI=1S/C16H31NO3.Na/c1-4-5-6-7-8-9-10-11-12-13-14(18)16(2,17-3)15(19)20;/h17H,4-13H2,1-3H3,(H,19,20);/q;+1/p-1. The maximum Gasteiger partial charge on any atom is 1.00 e. The zero-order valence-electron chi connectivity index (χ0n) is 14.3. The molecule has 0 saturated carbocycles. The van der Waals surface area contributed by atoms with Crippen LogP contribution in [0.3, 0.4) is 0 Å². The number of aliphatic carboxylic acids is 1. The zero-order valence-corrected chi connectivity index (χ0v) is 16.3. The van der Waals surface area contributed by atoms with Crippen LogP contribution < -0.4 is 40.0 Å². The molecule has 0 aromatic rings. The first-order valence-corrected chi connectivity index (χ1v) is 7.92. The van der Waals surface area contributed by atoms with E-state index in [-0.39, 0.29) is 35.3 Å². The number of hydrogen-bond donors (Lipinski definition) is 1. The normalized spacial score (nSPS) is 13.3. The molecule has 0 amide bonds. The summed E-state index contributed by atoms with van der Waals surface area (Å²) in [5.41, 5.74) is -1.54. The monoisotopic (exact) mass is 307 g/mol. The SMILES string of the molecule is CCCCCCCCCCCC(=O)C(C)(NC)C(=O)[O-].[Na+]. The van der Waals surface area contributed by atoms with E-state index in [4.69, 9.17) is 0 Å². The summed E-state index contributed by atoms with van der Waals surface area (Å²) >= 11 is 0. The minimum Gasteiger partial charge on any atom is -0.548 e. The van der Waals surface area contributed by atoms with Crippen molar-refractivity contribution in [3.63, 3.8) is 0 Å². The van der Waals surface area contributed by atoms with Gasteiger partial charge in [-0.2, -0.15) is 0 Å². The second kappa shape index (κ2) is 13.7. The fourth-order valence-electron chi connectivity index (χ4n) is 2.20. The van der Waals surface area contributed by atoms with Gasteiger partial charge < -0.3 is 15.2 Å².